The zero-order valence-corrected chi connectivity index (χ0v) is 39.1. The predicted molar refractivity (Wildman–Crippen MR) is 254 cm³/mol. The molecule has 6 aromatic carbocycles. The van der Waals surface area contributed by atoms with Crippen LogP contribution in [-0.4, -0.2) is 25.2 Å². The van der Waals surface area contributed by atoms with Crippen molar-refractivity contribution in [2.45, 2.75) is 78.1 Å². The number of carbonyl (C=O) groups excluding carboxylic acids is 2. The van der Waals surface area contributed by atoms with E-state index in [1.807, 2.05) is 128 Å². The van der Waals surface area contributed by atoms with Gasteiger partial charge in [0.2, 0.25) is 0 Å². The third kappa shape index (κ3) is 9.59. The number of para-hydroxylation sites is 4. The van der Waals surface area contributed by atoms with Crippen LogP contribution in [0.2, 0.25) is 0 Å². The minimum absolute atomic E-state index is 0.0281. The van der Waals surface area contributed by atoms with Crippen LogP contribution in [0.1, 0.15) is 84.1 Å². The van der Waals surface area contributed by atoms with Crippen molar-refractivity contribution in [3.63, 3.8) is 0 Å². The molecule has 0 fully saturated rings. The third-order valence-corrected chi connectivity index (χ3v) is 13.2. The topological polar surface area (TPSA) is 124 Å². The highest BCUT2D eigenvalue weighted by atomic mass is 31.1. The standard InChI is InChI=1S/C52H52O10P2/c1-34(53)55-29-30-56-49(54)33-52(8,35-25-27-47(41(31-35)50(2,3)4)61-63-57-43-21-13-9-17-37(43)38-18-10-14-22-44(38)58-63)36-26-28-48(42(32-36)51(5,6)7)62-64-59-45-23-15-11-19-39(45)40-20-12-16-24-46(40)60-64/h9-28,31-32H,29-30,33H2,1-8H3. The summed E-state index contributed by atoms with van der Waals surface area (Å²) in [5.41, 5.74) is 4.40. The second-order valence-electron chi connectivity index (χ2n) is 18.0. The average Bonchev–Trinajstić information content (AvgIpc) is 3.51. The van der Waals surface area contributed by atoms with E-state index >= 15 is 0 Å². The Bertz CT molecular complexity index is 2790. The van der Waals surface area contributed by atoms with Gasteiger partial charge in [0, 0.05) is 45.0 Å². The molecular weight excluding hydrogens is 847 g/mol. The minimum Gasteiger partial charge on any atom is -0.462 e. The third-order valence-electron chi connectivity index (χ3n) is 11.2. The van der Waals surface area contributed by atoms with Crippen LogP contribution in [0.25, 0.3) is 43.9 Å². The largest absolute Gasteiger partial charge is 0.462 e. The monoisotopic (exact) mass is 898 g/mol. The number of esters is 2. The number of carbonyl (C=O) groups is 2. The van der Waals surface area contributed by atoms with Gasteiger partial charge in [-0.1, -0.05) is 146 Å². The fourth-order valence-corrected chi connectivity index (χ4v) is 9.94. The normalized spacial score (nSPS) is 12.1. The van der Waals surface area contributed by atoms with E-state index in [0.717, 1.165) is 43.8 Å². The molecule has 10 nitrogen and oxygen atoms in total. The smallest absolute Gasteiger partial charge is 0.453 e. The lowest BCUT2D eigenvalue weighted by atomic mass is 9.70. The van der Waals surface area contributed by atoms with Crippen LogP contribution in [0.3, 0.4) is 0 Å². The molecule has 0 amide bonds. The van der Waals surface area contributed by atoms with Crippen LogP contribution in [0.5, 0.6) is 11.5 Å². The van der Waals surface area contributed by atoms with Gasteiger partial charge in [-0.15, -0.1) is 0 Å². The molecule has 0 aliphatic heterocycles. The summed E-state index contributed by atoms with van der Waals surface area (Å²) >= 11 is 0. The second kappa shape index (κ2) is 18.0. The highest BCUT2D eigenvalue weighted by Crippen LogP contribution is 2.47. The number of fused-ring (bicyclic) bond motifs is 6. The first-order valence-corrected chi connectivity index (χ1v) is 23.4. The van der Waals surface area contributed by atoms with Gasteiger partial charge in [-0.05, 0) is 58.4 Å². The first kappa shape index (κ1) is 44.3. The van der Waals surface area contributed by atoms with Gasteiger partial charge in [-0.3, -0.25) is 9.59 Å². The van der Waals surface area contributed by atoms with Gasteiger partial charge < -0.3 is 35.3 Å². The lowest BCUT2D eigenvalue weighted by molar-refractivity contribution is -0.151. The molecule has 64 heavy (non-hydrogen) atoms. The Hall–Kier alpha value is -6.34. The van der Waals surface area contributed by atoms with Crippen LogP contribution >= 0.6 is 16.5 Å². The number of ether oxygens (including phenoxy) is 2. The number of benzene rings is 6. The van der Waals surface area contributed by atoms with E-state index in [4.69, 9.17) is 35.3 Å². The van der Waals surface area contributed by atoms with E-state index in [0.29, 0.717) is 33.8 Å². The van der Waals surface area contributed by atoms with Gasteiger partial charge in [0.05, 0.1) is 6.42 Å². The summed E-state index contributed by atoms with van der Waals surface area (Å²) in [5.74, 6) is 0.294. The molecule has 0 aliphatic rings. The minimum atomic E-state index is -1.92. The molecule has 0 N–H and O–H groups in total. The first-order chi connectivity index (χ1) is 30.6. The van der Waals surface area contributed by atoms with Crippen molar-refractivity contribution in [1.29, 1.82) is 0 Å². The maximum atomic E-state index is 13.9. The maximum absolute atomic E-state index is 13.9. The van der Waals surface area contributed by atoms with E-state index in [1.54, 1.807) is 0 Å². The molecule has 0 atom stereocenters. The summed E-state index contributed by atoms with van der Waals surface area (Å²) in [5, 5.41) is 3.69. The fraction of sp³-hybridized carbons (Fsp3) is 0.269. The molecular formula is C52H52O10P2. The Balaban J connectivity index is 1.23. The lowest BCUT2D eigenvalue weighted by Crippen LogP contribution is -2.30. The molecule has 0 spiro atoms. The molecule has 0 saturated heterocycles. The van der Waals surface area contributed by atoms with Gasteiger partial charge in [-0.2, -0.15) is 0 Å². The lowest BCUT2D eigenvalue weighted by Gasteiger charge is -2.34. The number of hydrogen-bond donors (Lipinski definition) is 0. The molecule has 0 aliphatic carbocycles. The van der Waals surface area contributed by atoms with Crippen molar-refractivity contribution in [2.24, 2.45) is 0 Å². The zero-order valence-electron chi connectivity index (χ0n) is 37.3. The first-order valence-electron chi connectivity index (χ1n) is 21.2. The summed E-state index contributed by atoms with van der Waals surface area (Å²) < 4.78 is 49.9. The molecule has 0 bridgehead atoms. The van der Waals surface area contributed by atoms with Gasteiger partial charge in [0.25, 0.3) is 0 Å². The zero-order chi connectivity index (χ0) is 45.2. The molecule has 2 heterocycles. The Morgan fingerprint density at radius 1 is 0.484 bits per heavy atom. The Morgan fingerprint density at radius 2 is 0.828 bits per heavy atom. The van der Waals surface area contributed by atoms with E-state index in [-0.39, 0.29) is 19.6 Å². The van der Waals surface area contributed by atoms with Crippen molar-refractivity contribution in [3.05, 3.63) is 156 Å². The van der Waals surface area contributed by atoms with E-state index in [1.165, 1.54) is 6.92 Å². The van der Waals surface area contributed by atoms with Crippen LogP contribution in [-0.2, 0) is 35.3 Å². The molecule has 12 heteroatoms. The maximum Gasteiger partial charge on any atom is 0.453 e. The predicted octanol–water partition coefficient (Wildman–Crippen LogP) is 15.0. The summed E-state index contributed by atoms with van der Waals surface area (Å²) in [4.78, 5) is 25.3. The van der Waals surface area contributed by atoms with Crippen molar-refractivity contribution in [3.8, 4) is 11.5 Å². The van der Waals surface area contributed by atoms with Gasteiger partial charge in [0.1, 0.15) is 47.0 Å². The molecule has 0 radical (unpaired) electrons. The van der Waals surface area contributed by atoms with Crippen molar-refractivity contribution in [1.82, 2.24) is 0 Å². The Kier molecular flexibility index (Phi) is 12.5. The number of hydrogen-bond acceptors (Lipinski definition) is 10. The van der Waals surface area contributed by atoms with Crippen molar-refractivity contribution >= 4 is 72.3 Å². The summed E-state index contributed by atoms with van der Waals surface area (Å²) in [6, 6.07) is 43.4. The molecule has 2 aromatic heterocycles. The Morgan fingerprint density at radius 3 is 1.17 bits per heavy atom. The average molecular weight is 899 g/mol. The molecule has 8 aromatic rings. The quantitative estimate of drug-likeness (QED) is 0.0915. The van der Waals surface area contributed by atoms with E-state index in [9.17, 15) is 9.59 Å². The number of rotatable bonds is 11. The summed E-state index contributed by atoms with van der Waals surface area (Å²) in [7, 11) is -3.84. The molecule has 330 valence electrons. The fourth-order valence-electron chi connectivity index (χ4n) is 7.80. The summed E-state index contributed by atoms with van der Waals surface area (Å²) in [6.45, 7) is 16.0. The molecule has 8 rings (SSSR count). The van der Waals surface area contributed by atoms with Crippen LogP contribution < -0.4 is 9.05 Å². The highest BCUT2D eigenvalue weighted by molar-refractivity contribution is 7.32. The van der Waals surface area contributed by atoms with Crippen molar-refractivity contribution in [2.75, 3.05) is 13.2 Å². The van der Waals surface area contributed by atoms with Gasteiger partial charge in [0.15, 0.2) is 0 Å². The second-order valence-corrected chi connectivity index (χ2v) is 20.0. The highest BCUT2D eigenvalue weighted by Gasteiger charge is 2.36. The molecule has 0 unspecified atom stereocenters. The van der Waals surface area contributed by atoms with Gasteiger partial charge in [-0.25, -0.2) is 0 Å². The van der Waals surface area contributed by atoms with Gasteiger partial charge >= 0.3 is 28.4 Å². The van der Waals surface area contributed by atoms with Crippen LogP contribution in [0.4, 0.5) is 0 Å². The SMILES string of the molecule is CC(=O)OCCOC(=O)CC(C)(c1ccc(Op2oc3ccccc3c3ccccc3o2)c(C(C)(C)C)c1)c1ccc(Op2oc3ccccc3c3ccccc3o2)c(C(C)(C)C)c1. The van der Waals surface area contributed by atoms with Crippen molar-refractivity contribution < 1.29 is 44.9 Å². The molecule has 0 saturated carbocycles. The Labute approximate surface area is 374 Å². The van der Waals surface area contributed by atoms with Crippen LogP contribution in [0.15, 0.2) is 150 Å². The van der Waals surface area contributed by atoms with Crippen LogP contribution in [0, 0.1) is 0 Å². The van der Waals surface area contributed by atoms with E-state index < -0.39 is 44.7 Å². The van der Waals surface area contributed by atoms with E-state index in [2.05, 4.69) is 53.7 Å². The summed E-state index contributed by atoms with van der Waals surface area (Å²) in [6.07, 6.45) is -0.0281.